The summed E-state index contributed by atoms with van der Waals surface area (Å²) in [6.45, 7) is 4.22. The number of aromatic nitrogens is 1. The first-order valence-electron chi connectivity index (χ1n) is 9.84. The summed E-state index contributed by atoms with van der Waals surface area (Å²) in [6, 6.07) is 13.6. The van der Waals surface area contributed by atoms with Crippen LogP contribution in [0.5, 0.6) is 5.75 Å². The number of Topliss-reactive ketones (excluding diaryl/α,β-unsaturated/α-hetero) is 1. The van der Waals surface area contributed by atoms with Crippen LogP contribution in [-0.4, -0.2) is 73.4 Å². The van der Waals surface area contributed by atoms with E-state index in [-0.39, 0.29) is 12.5 Å². The molecule has 7 nitrogen and oxygen atoms in total. The number of benzene rings is 1. The average Bonchev–Trinajstić information content (AvgIpc) is 2.76. The fourth-order valence-corrected chi connectivity index (χ4v) is 3.44. The lowest BCUT2D eigenvalue weighted by molar-refractivity contribution is -0.137. The first-order chi connectivity index (χ1) is 14.1. The second-order valence-electron chi connectivity index (χ2n) is 7.27. The third kappa shape index (κ3) is 5.85. The molecular formula is C22H28N4O3. The van der Waals surface area contributed by atoms with Crippen LogP contribution >= 0.6 is 0 Å². The normalized spacial score (nSPS) is 16.2. The number of nitrogens with zero attached hydrogens (tertiary/aromatic N) is 3. The molecule has 7 heteroatoms. The number of hydrogen-bond donors (Lipinski definition) is 1. The lowest BCUT2D eigenvalue weighted by atomic mass is 10.0. The summed E-state index contributed by atoms with van der Waals surface area (Å²) < 4.78 is 5.06. The van der Waals surface area contributed by atoms with Crippen LogP contribution in [0, 0.1) is 0 Å². The number of nitrogens with one attached hydrogen (secondary N) is 1. The Morgan fingerprint density at radius 3 is 2.45 bits per heavy atom. The number of carbonyl (C=O) groups excluding carboxylic acids is 2. The maximum atomic E-state index is 12.4. The Kier molecular flexibility index (Phi) is 7.32. The van der Waals surface area contributed by atoms with Gasteiger partial charge >= 0.3 is 0 Å². The van der Waals surface area contributed by atoms with Crippen LogP contribution in [0.1, 0.15) is 17.3 Å². The van der Waals surface area contributed by atoms with Gasteiger partial charge < -0.3 is 15.0 Å². The molecule has 0 aliphatic carbocycles. The SMILES string of the molecule is COc1ccc(CC(=O)C(=O)NCC(c2ccccc2)N2CCN(C)CC2)nc1. The van der Waals surface area contributed by atoms with Crippen molar-refractivity contribution < 1.29 is 14.3 Å². The van der Waals surface area contributed by atoms with E-state index in [1.807, 2.05) is 18.2 Å². The van der Waals surface area contributed by atoms with Gasteiger partial charge in [0.05, 0.1) is 25.8 Å². The Labute approximate surface area is 171 Å². The Balaban J connectivity index is 1.60. The van der Waals surface area contributed by atoms with Crippen molar-refractivity contribution in [2.45, 2.75) is 12.5 Å². The molecule has 1 amide bonds. The number of methoxy groups -OCH3 is 1. The summed E-state index contributed by atoms with van der Waals surface area (Å²) in [6.07, 6.45) is 1.51. The van der Waals surface area contributed by atoms with E-state index in [1.54, 1.807) is 25.4 Å². The Morgan fingerprint density at radius 1 is 1.10 bits per heavy atom. The summed E-state index contributed by atoms with van der Waals surface area (Å²) >= 11 is 0. The highest BCUT2D eigenvalue weighted by Crippen LogP contribution is 2.21. The van der Waals surface area contributed by atoms with Gasteiger partial charge in [0.15, 0.2) is 0 Å². The predicted octanol–water partition coefficient (Wildman–Crippen LogP) is 1.31. The molecule has 1 atom stereocenters. The first-order valence-corrected chi connectivity index (χ1v) is 9.84. The number of likely N-dealkylation sites (N-methyl/N-ethyl adjacent to an activating group) is 1. The second-order valence-corrected chi connectivity index (χ2v) is 7.27. The molecule has 1 aromatic carbocycles. The smallest absolute Gasteiger partial charge is 0.287 e. The lowest BCUT2D eigenvalue weighted by Gasteiger charge is -2.38. The zero-order chi connectivity index (χ0) is 20.6. The molecular weight excluding hydrogens is 368 g/mol. The lowest BCUT2D eigenvalue weighted by Crippen LogP contribution is -2.49. The Morgan fingerprint density at radius 2 is 1.83 bits per heavy atom. The molecule has 2 aromatic rings. The highest BCUT2D eigenvalue weighted by atomic mass is 16.5. The molecule has 1 saturated heterocycles. The number of amides is 1. The predicted molar refractivity (Wildman–Crippen MR) is 111 cm³/mol. The molecule has 0 saturated carbocycles. The molecule has 2 heterocycles. The first kappa shape index (κ1) is 21.0. The van der Waals surface area contributed by atoms with Crippen LogP contribution in [0.15, 0.2) is 48.7 Å². The van der Waals surface area contributed by atoms with E-state index in [1.165, 1.54) is 0 Å². The zero-order valence-electron chi connectivity index (χ0n) is 17.0. The average molecular weight is 396 g/mol. The topological polar surface area (TPSA) is 74.8 Å². The van der Waals surface area contributed by atoms with E-state index < -0.39 is 11.7 Å². The third-order valence-corrected chi connectivity index (χ3v) is 5.25. The van der Waals surface area contributed by atoms with Gasteiger partial charge in [-0.1, -0.05) is 30.3 Å². The number of hydrogen-bond acceptors (Lipinski definition) is 6. The van der Waals surface area contributed by atoms with E-state index >= 15 is 0 Å². The van der Waals surface area contributed by atoms with E-state index in [4.69, 9.17) is 4.74 Å². The third-order valence-electron chi connectivity index (χ3n) is 5.25. The quantitative estimate of drug-likeness (QED) is 0.678. The molecule has 29 heavy (non-hydrogen) atoms. The molecule has 1 unspecified atom stereocenters. The summed E-state index contributed by atoms with van der Waals surface area (Å²) in [5.41, 5.74) is 1.69. The van der Waals surface area contributed by atoms with Crippen molar-refractivity contribution in [2.75, 3.05) is 46.9 Å². The minimum Gasteiger partial charge on any atom is -0.495 e. The molecule has 154 valence electrons. The molecule has 0 bridgehead atoms. The highest BCUT2D eigenvalue weighted by Gasteiger charge is 2.25. The molecule has 1 aliphatic heterocycles. The minimum absolute atomic E-state index is 0.0274. The number of ether oxygens (including phenoxy) is 1. The van der Waals surface area contributed by atoms with Gasteiger partial charge in [-0.2, -0.15) is 0 Å². The van der Waals surface area contributed by atoms with Crippen molar-refractivity contribution in [2.24, 2.45) is 0 Å². The van der Waals surface area contributed by atoms with Crippen LogP contribution in [0.3, 0.4) is 0 Å². The Hall–Kier alpha value is -2.77. The zero-order valence-corrected chi connectivity index (χ0v) is 17.0. The molecule has 1 N–H and O–H groups in total. The fourth-order valence-electron chi connectivity index (χ4n) is 3.44. The maximum absolute atomic E-state index is 12.4. The van der Waals surface area contributed by atoms with E-state index in [9.17, 15) is 9.59 Å². The Bertz CT molecular complexity index is 803. The second kappa shape index (κ2) is 10.1. The molecule has 1 aliphatic rings. The largest absolute Gasteiger partial charge is 0.495 e. The molecule has 1 fully saturated rings. The fraction of sp³-hybridized carbons (Fsp3) is 0.409. The number of rotatable bonds is 8. The van der Waals surface area contributed by atoms with Crippen LogP contribution < -0.4 is 10.1 Å². The van der Waals surface area contributed by atoms with Gasteiger partial charge in [-0.05, 0) is 24.7 Å². The molecule has 0 radical (unpaired) electrons. The van der Waals surface area contributed by atoms with Crippen molar-refractivity contribution in [3.8, 4) is 5.75 Å². The molecule has 0 spiro atoms. The van der Waals surface area contributed by atoms with Gasteiger partial charge in [-0.15, -0.1) is 0 Å². The summed E-state index contributed by atoms with van der Waals surface area (Å²) in [4.78, 5) is 33.5. The van der Waals surface area contributed by atoms with Gasteiger partial charge in [-0.3, -0.25) is 19.5 Å². The summed E-state index contributed by atoms with van der Waals surface area (Å²) in [5, 5.41) is 2.84. The molecule has 3 rings (SSSR count). The summed E-state index contributed by atoms with van der Waals surface area (Å²) in [5.74, 6) is -0.450. The number of ketones is 1. The van der Waals surface area contributed by atoms with Crippen molar-refractivity contribution >= 4 is 11.7 Å². The van der Waals surface area contributed by atoms with Gasteiger partial charge in [-0.25, -0.2) is 0 Å². The maximum Gasteiger partial charge on any atom is 0.287 e. The van der Waals surface area contributed by atoms with E-state index in [2.05, 4.69) is 39.3 Å². The van der Waals surface area contributed by atoms with Gasteiger partial charge in [0.2, 0.25) is 5.78 Å². The van der Waals surface area contributed by atoms with E-state index in [0.29, 0.717) is 18.0 Å². The summed E-state index contributed by atoms with van der Waals surface area (Å²) in [7, 11) is 3.67. The van der Waals surface area contributed by atoms with Crippen molar-refractivity contribution in [3.05, 3.63) is 59.9 Å². The molecule has 1 aromatic heterocycles. The van der Waals surface area contributed by atoms with Crippen LogP contribution in [0.2, 0.25) is 0 Å². The number of carbonyl (C=O) groups is 2. The van der Waals surface area contributed by atoms with Crippen molar-refractivity contribution in [1.82, 2.24) is 20.1 Å². The van der Waals surface area contributed by atoms with E-state index in [0.717, 1.165) is 31.7 Å². The van der Waals surface area contributed by atoms with Gasteiger partial charge in [0.1, 0.15) is 5.75 Å². The number of pyridine rings is 1. The van der Waals surface area contributed by atoms with Crippen molar-refractivity contribution in [1.29, 1.82) is 0 Å². The van der Waals surface area contributed by atoms with Crippen LogP contribution in [0.25, 0.3) is 0 Å². The standard InChI is InChI=1S/C22H28N4O3/c1-25-10-12-26(13-11-25)20(17-6-4-3-5-7-17)16-24-22(28)21(27)14-18-8-9-19(29-2)15-23-18/h3-9,15,20H,10-14,16H2,1-2H3,(H,24,28). The minimum atomic E-state index is -0.572. The van der Waals surface area contributed by atoms with Gasteiger partial charge in [0.25, 0.3) is 5.91 Å². The van der Waals surface area contributed by atoms with Crippen molar-refractivity contribution in [3.63, 3.8) is 0 Å². The van der Waals surface area contributed by atoms with Crippen LogP contribution in [0.4, 0.5) is 0 Å². The highest BCUT2D eigenvalue weighted by molar-refractivity contribution is 6.36. The number of piperazine rings is 1. The monoisotopic (exact) mass is 396 g/mol. The van der Waals surface area contributed by atoms with Gasteiger partial charge in [0, 0.05) is 38.4 Å². The van der Waals surface area contributed by atoms with Crippen LogP contribution in [-0.2, 0) is 16.0 Å².